The van der Waals surface area contributed by atoms with Crippen LogP contribution in [0, 0.1) is 5.82 Å². The van der Waals surface area contributed by atoms with Crippen LogP contribution in [0.15, 0.2) is 53.3 Å². The molecule has 0 bridgehead atoms. The van der Waals surface area contributed by atoms with Crippen LogP contribution in [-0.4, -0.2) is 56.8 Å². The van der Waals surface area contributed by atoms with E-state index in [1.807, 2.05) is 27.7 Å². The maximum atomic E-state index is 13.1. The van der Waals surface area contributed by atoms with Gasteiger partial charge in [-0.1, -0.05) is 5.16 Å². The third kappa shape index (κ3) is 4.04. The molecule has 0 radical (unpaired) electrons. The van der Waals surface area contributed by atoms with E-state index in [2.05, 4.69) is 15.1 Å². The number of aryl methyl sites for hydroxylation is 1. The quantitative estimate of drug-likeness (QED) is 0.492. The summed E-state index contributed by atoms with van der Waals surface area (Å²) in [5.41, 5.74) is 3.12. The molecule has 8 nitrogen and oxygen atoms in total. The number of ether oxygens (including phenoxy) is 1. The SMILES string of the molecule is O=C(CCn1cnc2cc(-c3noc(-c4ccc(F)cc4)n3)ccc21)N1CCOCC1. The molecule has 0 unspecified atom stereocenters. The van der Waals surface area contributed by atoms with Crippen molar-refractivity contribution in [1.82, 2.24) is 24.6 Å². The fourth-order valence-electron chi connectivity index (χ4n) is 3.62. The largest absolute Gasteiger partial charge is 0.378 e. The van der Waals surface area contributed by atoms with Crippen molar-refractivity contribution in [2.45, 2.75) is 13.0 Å². The summed E-state index contributed by atoms with van der Waals surface area (Å²) in [6.07, 6.45) is 2.15. The number of rotatable bonds is 5. The van der Waals surface area contributed by atoms with Crippen molar-refractivity contribution in [2.75, 3.05) is 26.3 Å². The Labute approximate surface area is 177 Å². The molecule has 31 heavy (non-hydrogen) atoms. The van der Waals surface area contributed by atoms with Gasteiger partial charge in [-0.2, -0.15) is 4.98 Å². The molecule has 0 saturated carbocycles. The summed E-state index contributed by atoms with van der Waals surface area (Å²) in [6, 6.07) is 11.6. The Kier molecular flexibility index (Phi) is 5.17. The number of amides is 1. The molecule has 0 spiro atoms. The lowest BCUT2D eigenvalue weighted by Gasteiger charge is -2.26. The zero-order chi connectivity index (χ0) is 21.2. The summed E-state index contributed by atoms with van der Waals surface area (Å²) in [6.45, 7) is 3.06. The lowest BCUT2D eigenvalue weighted by Crippen LogP contribution is -2.40. The second-order valence-electron chi connectivity index (χ2n) is 7.31. The molecule has 1 aliphatic heterocycles. The predicted octanol–water partition coefficient (Wildman–Crippen LogP) is 3.14. The number of hydrogen-bond acceptors (Lipinski definition) is 6. The maximum Gasteiger partial charge on any atom is 0.258 e. The maximum absolute atomic E-state index is 13.1. The van der Waals surface area contributed by atoms with E-state index in [0.29, 0.717) is 56.5 Å². The number of nitrogens with zero attached hydrogens (tertiary/aromatic N) is 5. The van der Waals surface area contributed by atoms with Crippen LogP contribution < -0.4 is 0 Å². The molecular formula is C22H20FN5O3. The van der Waals surface area contributed by atoms with Gasteiger partial charge in [0.1, 0.15) is 5.82 Å². The molecular weight excluding hydrogens is 401 g/mol. The van der Waals surface area contributed by atoms with Crippen molar-refractivity contribution in [3.63, 3.8) is 0 Å². The smallest absolute Gasteiger partial charge is 0.258 e. The first kappa shape index (κ1) is 19.4. The summed E-state index contributed by atoms with van der Waals surface area (Å²) in [5, 5.41) is 4.04. The zero-order valence-electron chi connectivity index (χ0n) is 16.7. The molecule has 1 saturated heterocycles. The lowest BCUT2D eigenvalue weighted by molar-refractivity contribution is -0.135. The van der Waals surface area contributed by atoms with E-state index in [-0.39, 0.29) is 11.7 Å². The second kappa shape index (κ2) is 8.27. The van der Waals surface area contributed by atoms with Gasteiger partial charge in [-0.25, -0.2) is 9.37 Å². The minimum Gasteiger partial charge on any atom is -0.378 e. The number of morpholine rings is 1. The van der Waals surface area contributed by atoms with Gasteiger partial charge in [0, 0.05) is 37.2 Å². The van der Waals surface area contributed by atoms with Gasteiger partial charge in [0.25, 0.3) is 5.89 Å². The number of aromatic nitrogens is 4. The minimum absolute atomic E-state index is 0.127. The van der Waals surface area contributed by atoms with E-state index in [9.17, 15) is 9.18 Å². The normalized spacial score (nSPS) is 14.3. The van der Waals surface area contributed by atoms with Gasteiger partial charge in [0.05, 0.1) is 30.6 Å². The van der Waals surface area contributed by atoms with E-state index >= 15 is 0 Å². The summed E-state index contributed by atoms with van der Waals surface area (Å²) in [7, 11) is 0. The van der Waals surface area contributed by atoms with Crippen molar-refractivity contribution in [2.24, 2.45) is 0 Å². The highest BCUT2D eigenvalue weighted by atomic mass is 19.1. The summed E-state index contributed by atoms with van der Waals surface area (Å²) >= 11 is 0. The van der Waals surface area contributed by atoms with E-state index < -0.39 is 0 Å². The zero-order valence-corrected chi connectivity index (χ0v) is 16.7. The minimum atomic E-state index is -0.323. The van der Waals surface area contributed by atoms with Crippen LogP contribution in [-0.2, 0) is 16.1 Å². The fourth-order valence-corrected chi connectivity index (χ4v) is 3.62. The molecule has 5 rings (SSSR count). The average molecular weight is 421 g/mol. The Balaban J connectivity index is 1.31. The Hall–Kier alpha value is -3.59. The number of carbonyl (C=O) groups is 1. The Bertz CT molecular complexity index is 1210. The molecule has 3 heterocycles. The molecule has 1 fully saturated rings. The van der Waals surface area contributed by atoms with Gasteiger partial charge in [-0.3, -0.25) is 4.79 Å². The Morgan fingerprint density at radius 2 is 1.84 bits per heavy atom. The van der Waals surface area contributed by atoms with E-state index in [4.69, 9.17) is 9.26 Å². The van der Waals surface area contributed by atoms with Crippen LogP contribution in [0.3, 0.4) is 0 Å². The first-order chi connectivity index (χ1) is 15.2. The van der Waals surface area contributed by atoms with E-state index in [1.54, 1.807) is 18.5 Å². The monoisotopic (exact) mass is 421 g/mol. The van der Waals surface area contributed by atoms with Crippen LogP contribution in [0.1, 0.15) is 6.42 Å². The molecule has 1 amide bonds. The first-order valence-electron chi connectivity index (χ1n) is 10.1. The van der Waals surface area contributed by atoms with Gasteiger partial charge in [-0.15, -0.1) is 0 Å². The van der Waals surface area contributed by atoms with Gasteiger partial charge in [0.15, 0.2) is 0 Å². The molecule has 4 aromatic rings. The molecule has 9 heteroatoms. The standard InChI is InChI=1S/C22H20FN5O3/c23-17-4-1-15(2-5-17)22-25-21(26-31-22)16-3-6-19-18(13-16)24-14-28(19)8-7-20(29)27-9-11-30-12-10-27/h1-6,13-14H,7-12H2. The third-order valence-corrected chi connectivity index (χ3v) is 5.33. The molecule has 0 aliphatic carbocycles. The second-order valence-corrected chi connectivity index (χ2v) is 7.31. The van der Waals surface area contributed by atoms with Crippen LogP contribution in [0.2, 0.25) is 0 Å². The molecule has 0 atom stereocenters. The number of carbonyl (C=O) groups excluding carboxylic acids is 1. The van der Waals surface area contributed by atoms with E-state index in [0.717, 1.165) is 16.6 Å². The predicted molar refractivity (Wildman–Crippen MR) is 110 cm³/mol. The first-order valence-corrected chi connectivity index (χ1v) is 10.1. The van der Waals surface area contributed by atoms with Gasteiger partial charge >= 0.3 is 0 Å². The molecule has 0 N–H and O–H groups in total. The highest BCUT2D eigenvalue weighted by Gasteiger charge is 2.17. The fraction of sp³-hybridized carbons (Fsp3) is 0.273. The van der Waals surface area contributed by atoms with E-state index in [1.165, 1.54) is 12.1 Å². The Morgan fingerprint density at radius 1 is 1.06 bits per heavy atom. The summed E-state index contributed by atoms with van der Waals surface area (Å²) in [5.74, 6) is 0.554. The number of fused-ring (bicyclic) bond motifs is 1. The summed E-state index contributed by atoms with van der Waals surface area (Å²) < 4.78 is 25.7. The molecule has 2 aromatic heterocycles. The molecule has 158 valence electrons. The van der Waals surface area contributed by atoms with Gasteiger partial charge in [-0.05, 0) is 42.5 Å². The summed E-state index contributed by atoms with van der Waals surface area (Å²) in [4.78, 5) is 23.1. The van der Waals surface area contributed by atoms with Crippen LogP contribution in [0.25, 0.3) is 33.9 Å². The third-order valence-electron chi connectivity index (χ3n) is 5.33. The highest BCUT2D eigenvalue weighted by Crippen LogP contribution is 2.25. The highest BCUT2D eigenvalue weighted by molar-refractivity contribution is 5.81. The number of halogens is 1. The number of hydrogen-bond donors (Lipinski definition) is 0. The van der Waals surface area contributed by atoms with Crippen LogP contribution in [0.4, 0.5) is 4.39 Å². The number of benzene rings is 2. The van der Waals surface area contributed by atoms with Crippen molar-refractivity contribution in [3.8, 4) is 22.8 Å². The van der Waals surface area contributed by atoms with Gasteiger partial charge in [0.2, 0.25) is 11.7 Å². The number of imidazole rings is 1. The van der Waals surface area contributed by atoms with Crippen molar-refractivity contribution in [1.29, 1.82) is 0 Å². The average Bonchev–Trinajstić information content (AvgIpc) is 3.46. The van der Waals surface area contributed by atoms with Crippen molar-refractivity contribution < 1.29 is 18.4 Å². The van der Waals surface area contributed by atoms with Gasteiger partial charge < -0.3 is 18.7 Å². The van der Waals surface area contributed by atoms with Crippen LogP contribution >= 0.6 is 0 Å². The lowest BCUT2D eigenvalue weighted by atomic mass is 10.2. The molecule has 2 aromatic carbocycles. The molecule has 1 aliphatic rings. The van der Waals surface area contributed by atoms with Crippen molar-refractivity contribution >= 4 is 16.9 Å². The Morgan fingerprint density at radius 3 is 2.65 bits per heavy atom. The topological polar surface area (TPSA) is 86.3 Å². The van der Waals surface area contributed by atoms with Crippen LogP contribution in [0.5, 0.6) is 0 Å². The van der Waals surface area contributed by atoms with Crippen molar-refractivity contribution in [3.05, 3.63) is 54.6 Å².